The lowest BCUT2D eigenvalue weighted by atomic mass is 10.1. The minimum Gasteiger partial charge on any atom is -0.466 e. The van der Waals surface area contributed by atoms with Gasteiger partial charge in [-0.1, -0.05) is 6.92 Å². The molecule has 1 unspecified atom stereocenters. The molecule has 0 aromatic heterocycles. The number of ether oxygens (including phenoxy) is 1. The van der Waals surface area contributed by atoms with Crippen LogP contribution in [-0.2, 0) is 9.53 Å². The molecule has 0 aromatic carbocycles. The third-order valence-corrected chi connectivity index (χ3v) is 1.75. The fraction of sp³-hybridized carbons (Fsp3) is 0.857. The van der Waals surface area contributed by atoms with Crippen molar-refractivity contribution in [1.82, 2.24) is 0 Å². The quantitative estimate of drug-likeness (QED) is 0.468. The fourth-order valence-electron chi connectivity index (χ4n) is 0.507. The third-order valence-electron chi connectivity index (χ3n) is 1.32. The van der Waals surface area contributed by atoms with Crippen molar-refractivity contribution in [1.29, 1.82) is 0 Å². The summed E-state index contributed by atoms with van der Waals surface area (Å²) in [6.45, 7) is 3.88. The Morgan fingerprint density at radius 1 is 1.70 bits per heavy atom. The lowest BCUT2D eigenvalue weighted by Gasteiger charge is -2.09. The lowest BCUT2D eigenvalue weighted by molar-refractivity contribution is -0.142. The maximum Gasteiger partial charge on any atom is 0.302 e. The Bertz CT molecular complexity index is 99.8. The van der Waals surface area contributed by atoms with Crippen LogP contribution in [-0.4, -0.2) is 18.5 Å². The Kier molecular flexibility index (Phi) is 5.40. The summed E-state index contributed by atoms with van der Waals surface area (Å²) in [6, 6.07) is 0. The van der Waals surface area contributed by atoms with Gasteiger partial charge in [-0.2, -0.15) is 0 Å². The first-order valence-corrected chi connectivity index (χ1v) is 3.93. The molecule has 0 rings (SSSR count). The Hall–Kier alpha value is -0.240. The number of esters is 1. The molecule has 0 saturated carbocycles. The van der Waals surface area contributed by atoms with Gasteiger partial charge in [-0.05, 0) is 6.42 Å². The van der Waals surface area contributed by atoms with Crippen LogP contribution in [0.1, 0.15) is 20.3 Å². The van der Waals surface area contributed by atoms with Gasteiger partial charge in [0.15, 0.2) is 0 Å². The molecule has 1 atom stereocenters. The van der Waals surface area contributed by atoms with Gasteiger partial charge in [-0.25, -0.2) is 0 Å². The highest BCUT2D eigenvalue weighted by atomic mass is 35.5. The molecule has 10 heavy (non-hydrogen) atoms. The van der Waals surface area contributed by atoms with E-state index < -0.39 is 0 Å². The fourth-order valence-corrected chi connectivity index (χ4v) is 0.814. The van der Waals surface area contributed by atoms with Gasteiger partial charge in [0.25, 0.3) is 0 Å². The number of rotatable bonds is 4. The van der Waals surface area contributed by atoms with Gasteiger partial charge < -0.3 is 4.74 Å². The molecule has 0 radical (unpaired) electrons. The number of carbonyl (C=O) groups excluding carboxylic acids is 1. The number of halogens is 1. The monoisotopic (exact) mass is 164 g/mol. The third kappa shape index (κ3) is 4.62. The highest BCUT2D eigenvalue weighted by Gasteiger charge is 2.05. The summed E-state index contributed by atoms with van der Waals surface area (Å²) in [5, 5.41) is 0. The van der Waals surface area contributed by atoms with Crippen molar-refractivity contribution in [2.45, 2.75) is 20.3 Å². The van der Waals surface area contributed by atoms with E-state index in [9.17, 15) is 4.79 Å². The molecule has 0 aromatic rings. The van der Waals surface area contributed by atoms with Crippen LogP contribution in [0.3, 0.4) is 0 Å². The van der Waals surface area contributed by atoms with E-state index in [1.165, 1.54) is 6.92 Å². The number of hydrogen-bond acceptors (Lipinski definition) is 2. The molecule has 0 N–H and O–H groups in total. The molecule has 0 fully saturated rings. The van der Waals surface area contributed by atoms with Gasteiger partial charge >= 0.3 is 5.97 Å². The van der Waals surface area contributed by atoms with E-state index in [4.69, 9.17) is 16.3 Å². The molecule has 0 amide bonds. The Morgan fingerprint density at radius 2 is 2.30 bits per heavy atom. The number of alkyl halides is 1. The summed E-state index contributed by atoms with van der Waals surface area (Å²) in [7, 11) is 0. The first-order chi connectivity index (χ1) is 4.70. The molecule has 0 aliphatic rings. The standard InChI is InChI=1S/C7H13ClO2/c1-3-7(4-8)5-10-6(2)9/h7H,3-5H2,1-2H3. The zero-order valence-corrected chi connectivity index (χ0v) is 7.15. The van der Waals surface area contributed by atoms with E-state index in [0.29, 0.717) is 18.4 Å². The van der Waals surface area contributed by atoms with Crippen molar-refractivity contribution in [3.63, 3.8) is 0 Å². The van der Waals surface area contributed by atoms with E-state index in [-0.39, 0.29) is 5.97 Å². The molecular formula is C7H13ClO2. The molecule has 60 valence electrons. The summed E-state index contributed by atoms with van der Waals surface area (Å²) < 4.78 is 4.76. The average Bonchev–Trinajstić information content (AvgIpc) is 1.90. The second-order valence-corrected chi connectivity index (χ2v) is 2.54. The SMILES string of the molecule is CCC(CCl)COC(C)=O. The number of carbonyl (C=O) groups is 1. The van der Waals surface area contributed by atoms with E-state index >= 15 is 0 Å². The van der Waals surface area contributed by atoms with Gasteiger partial charge in [0.05, 0.1) is 6.61 Å². The second-order valence-electron chi connectivity index (χ2n) is 2.23. The molecule has 3 heteroatoms. The highest BCUT2D eigenvalue weighted by Crippen LogP contribution is 2.04. The Labute approximate surface area is 66.5 Å². The lowest BCUT2D eigenvalue weighted by Crippen LogP contribution is -2.12. The van der Waals surface area contributed by atoms with Crippen molar-refractivity contribution < 1.29 is 9.53 Å². The van der Waals surface area contributed by atoms with Crippen LogP contribution in [0, 0.1) is 5.92 Å². The molecule has 0 aliphatic carbocycles. The summed E-state index contributed by atoms with van der Waals surface area (Å²) in [6.07, 6.45) is 0.955. The predicted octanol–water partition coefficient (Wildman–Crippen LogP) is 1.81. The maximum atomic E-state index is 10.3. The van der Waals surface area contributed by atoms with Crippen LogP contribution in [0.25, 0.3) is 0 Å². The molecule has 0 bridgehead atoms. The maximum absolute atomic E-state index is 10.3. The van der Waals surface area contributed by atoms with Crippen LogP contribution >= 0.6 is 11.6 Å². The number of hydrogen-bond donors (Lipinski definition) is 0. The highest BCUT2D eigenvalue weighted by molar-refractivity contribution is 6.18. The van der Waals surface area contributed by atoms with E-state index in [0.717, 1.165) is 6.42 Å². The van der Waals surface area contributed by atoms with Gasteiger partial charge in [0.2, 0.25) is 0 Å². The van der Waals surface area contributed by atoms with Crippen LogP contribution in [0.5, 0.6) is 0 Å². The molecule has 0 spiro atoms. The van der Waals surface area contributed by atoms with E-state index in [1.807, 2.05) is 6.92 Å². The summed E-state index contributed by atoms with van der Waals surface area (Å²) in [5.41, 5.74) is 0. The smallest absolute Gasteiger partial charge is 0.302 e. The largest absolute Gasteiger partial charge is 0.466 e. The van der Waals surface area contributed by atoms with Gasteiger partial charge in [-0.15, -0.1) is 11.6 Å². The molecular weight excluding hydrogens is 152 g/mol. The van der Waals surface area contributed by atoms with Crippen LogP contribution < -0.4 is 0 Å². The Morgan fingerprint density at radius 3 is 2.60 bits per heavy atom. The molecule has 0 heterocycles. The average molecular weight is 165 g/mol. The van der Waals surface area contributed by atoms with Crippen molar-refractivity contribution in [3.8, 4) is 0 Å². The molecule has 0 saturated heterocycles. The first kappa shape index (κ1) is 9.76. The van der Waals surface area contributed by atoms with Crippen LogP contribution in [0.4, 0.5) is 0 Å². The summed E-state index contributed by atoms with van der Waals surface area (Å²) >= 11 is 5.56. The van der Waals surface area contributed by atoms with Crippen molar-refractivity contribution >= 4 is 17.6 Å². The van der Waals surface area contributed by atoms with Gasteiger partial charge in [-0.3, -0.25) is 4.79 Å². The van der Waals surface area contributed by atoms with Crippen LogP contribution in [0.2, 0.25) is 0 Å². The minimum absolute atomic E-state index is 0.233. The second kappa shape index (κ2) is 5.54. The summed E-state index contributed by atoms with van der Waals surface area (Å²) in [5.74, 6) is 0.637. The van der Waals surface area contributed by atoms with Gasteiger partial charge in [0, 0.05) is 18.7 Å². The van der Waals surface area contributed by atoms with E-state index in [1.54, 1.807) is 0 Å². The van der Waals surface area contributed by atoms with Gasteiger partial charge in [0.1, 0.15) is 0 Å². The normalized spacial score (nSPS) is 12.7. The van der Waals surface area contributed by atoms with E-state index in [2.05, 4.69) is 0 Å². The van der Waals surface area contributed by atoms with Crippen molar-refractivity contribution in [3.05, 3.63) is 0 Å². The Balaban J connectivity index is 3.34. The molecule has 0 aliphatic heterocycles. The van der Waals surface area contributed by atoms with Crippen molar-refractivity contribution in [2.75, 3.05) is 12.5 Å². The topological polar surface area (TPSA) is 26.3 Å². The predicted molar refractivity (Wildman–Crippen MR) is 41.1 cm³/mol. The van der Waals surface area contributed by atoms with Crippen LogP contribution in [0.15, 0.2) is 0 Å². The summed E-state index contributed by atoms with van der Waals surface area (Å²) in [4.78, 5) is 10.3. The molecule has 2 nitrogen and oxygen atoms in total. The zero-order chi connectivity index (χ0) is 7.98. The zero-order valence-electron chi connectivity index (χ0n) is 6.39. The van der Waals surface area contributed by atoms with Crippen molar-refractivity contribution in [2.24, 2.45) is 5.92 Å². The first-order valence-electron chi connectivity index (χ1n) is 3.40. The minimum atomic E-state index is -0.233.